The number of rotatable bonds is 1. The Kier molecular flexibility index (Phi) is 2.13. The van der Waals surface area contributed by atoms with Gasteiger partial charge in [0.25, 0.3) is 5.24 Å². The summed E-state index contributed by atoms with van der Waals surface area (Å²) in [5.74, 6) is 0. The summed E-state index contributed by atoms with van der Waals surface area (Å²) in [7, 11) is 0. The summed E-state index contributed by atoms with van der Waals surface area (Å²) in [5.41, 5.74) is 0.428. The number of carbonyl (C=O) groups excluding carboxylic acids is 1. The second-order valence-electron chi connectivity index (χ2n) is 1.41. The summed E-state index contributed by atoms with van der Waals surface area (Å²) < 4.78 is 5.44. The third kappa shape index (κ3) is 1.46. The van der Waals surface area contributed by atoms with Gasteiger partial charge in [0.15, 0.2) is 0 Å². The third-order valence-corrected chi connectivity index (χ3v) is 1.87. The molecular formula is C5H2ClIO2. The number of hydrogen-bond donors (Lipinski definition) is 0. The predicted molar refractivity (Wildman–Crippen MR) is 41.6 cm³/mol. The minimum Gasteiger partial charge on any atom is -0.471 e. The second kappa shape index (κ2) is 2.70. The van der Waals surface area contributed by atoms with Gasteiger partial charge in [-0.2, -0.15) is 0 Å². The molecule has 0 aliphatic rings. The SMILES string of the molecule is O=C(Cl)c1cocc1I. The molecule has 0 aliphatic heterocycles. The standard InChI is InChI=1S/C5H2ClIO2/c6-5(8)3-1-9-2-4(3)7/h1-2H. The Bertz CT molecular complexity index is 231. The molecular weight excluding hydrogens is 254 g/mol. The molecule has 0 unspecified atom stereocenters. The molecule has 1 aromatic rings. The van der Waals surface area contributed by atoms with Crippen molar-refractivity contribution in [2.45, 2.75) is 0 Å². The summed E-state index contributed by atoms with van der Waals surface area (Å²) in [5, 5.41) is -0.479. The van der Waals surface area contributed by atoms with Crippen LogP contribution in [-0.2, 0) is 0 Å². The molecule has 0 saturated heterocycles. The lowest BCUT2D eigenvalue weighted by Crippen LogP contribution is -1.85. The van der Waals surface area contributed by atoms with Gasteiger partial charge in [0.05, 0.1) is 9.13 Å². The van der Waals surface area contributed by atoms with Crippen molar-refractivity contribution in [2.75, 3.05) is 0 Å². The van der Waals surface area contributed by atoms with Crippen LogP contribution in [0.25, 0.3) is 0 Å². The van der Waals surface area contributed by atoms with E-state index >= 15 is 0 Å². The van der Waals surface area contributed by atoms with Crippen molar-refractivity contribution in [3.8, 4) is 0 Å². The summed E-state index contributed by atoms with van der Waals surface area (Å²) in [6.07, 6.45) is 2.80. The molecule has 0 N–H and O–H groups in total. The first-order valence-corrected chi connectivity index (χ1v) is 3.59. The monoisotopic (exact) mass is 256 g/mol. The van der Waals surface area contributed by atoms with E-state index in [0.29, 0.717) is 5.56 Å². The minimum atomic E-state index is -0.479. The molecule has 1 heterocycles. The van der Waals surface area contributed by atoms with E-state index in [-0.39, 0.29) is 0 Å². The van der Waals surface area contributed by atoms with Crippen LogP contribution in [-0.4, -0.2) is 5.24 Å². The van der Waals surface area contributed by atoms with Crippen molar-refractivity contribution in [2.24, 2.45) is 0 Å². The summed E-state index contributed by atoms with van der Waals surface area (Å²) in [4.78, 5) is 10.4. The van der Waals surface area contributed by atoms with Crippen LogP contribution in [0.4, 0.5) is 0 Å². The molecule has 0 aliphatic carbocycles. The molecule has 9 heavy (non-hydrogen) atoms. The highest BCUT2D eigenvalue weighted by molar-refractivity contribution is 14.1. The molecule has 0 atom stereocenters. The highest BCUT2D eigenvalue weighted by atomic mass is 127. The van der Waals surface area contributed by atoms with Crippen LogP contribution >= 0.6 is 34.2 Å². The largest absolute Gasteiger partial charge is 0.471 e. The van der Waals surface area contributed by atoms with Crippen LogP contribution in [0.15, 0.2) is 16.9 Å². The van der Waals surface area contributed by atoms with Gasteiger partial charge in [0.2, 0.25) is 0 Å². The topological polar surface area (TPSA) is 30.2 Å². The van der Waals surface area contributed by atoms with Gasteiger partial charge >= 0.3 is 0 Å². The molecule has 1 aromatic heterocycles. The first-order chi connectivity index (χ1) is 4.22. The molecule has 0 spiro atoms. The number of furan rings is 1. The zero-order chi connectivity index (χ0) is 6.85. The lowest BCUT2D eigenvalue weighted by Gasteiger charge is -1.81. The highest BCUT2D eigenvalue weighted by Crippen LogP contribution is 2.14. The molecule has 0 bridgehead atoms. The van der Waals surface area contributed by atoms with Gasteiger partial charge < -0.3 is 4.42 Å². The lowest BCUT2D eigenvalue weighted by atomic mass is 10.4. The Hall–Kier alpha value is -0.0300. The van der Waals surface area contributed by atoms with E-state index in [2.05, 4.69) is 0 Å². The Morgan fingerprint density at radius 3 is 2.56 bits per heavy atom. The van der Waals surface area contributed by atoms with Gasteiger partial charge in [-0.15, -0.1) is 0 Å². The zero-order valence-corrected chi connectivity index (χ0v) is 7.14. The van der Waals surface area contributed by atoms with Crippen LogP contribution in [0.2, 0.25) is 0 Å². The van der Waals surface area contributed by atoms with Crippen molar-refractivity contribution in [1.82, 2.24) is 0 Å². The van der Waals surface area contributed by atoms with E-state index in [1.807, 2.05) is 22.6 Å². The average Bonchev–Trinajstić information content (AvgIpc) is 2.13. The second-order valence-corrected chi connectivity index (χ2v) is 2.91. The summed E-state index contributed by atoms with van der Waals surface area (Å²) in [6.45, 7) is 0. The fourth-order valence-corrected chi connectivity index (χ4v) is 1.25. The summed E-state index contributed by atoms with van der Waals surface area (Å²) in [6, 6.07) is 0. The Balaban J connectivity index is 3.08. The van der Waals surface area contributed by atoms with E-state index in [4.69, 9.17) is 16.0 Å². The van der Waals surface area contributed by atoms with Gasteiger partial charge in [0, 0.05) is 0 Å². The molecule has 0 saturated carbocycles. The smallest absolute Gasteiger partial charge is 0.256 e. The van der Waals surface area contributed by atoms with E-state index in [1.54, 1.807) is 0 Å². The van der Waals surface area contributed by atoms with Crippen molar-refractivity contribution in [3.63, 3.8) is 0 Å². The maximum atomic E-state index is 10.4. The molecule has 0 aromatic carbocycles. The lowest BCUT2D eigenvalue weighted by molar-refractivity contribution is 0.108. The van der Waals surface area contributed by atoms with Crippen molar-refractivity contribution < 1.29 is 9.21 Å². The molecule has 4 heteroatoms. The zero-order valence-electron chi connectivity index (χ0n) is 4.23. The predicted octanol–water partition coefficient (Wildman–Crippen LogP) is 2.26. The first kappa shape index (κ1) is 7.08. The Morgan fingerprint density at radius 2 is 2.33 bits per heavy atom. The van der Waals surface area contributed by atoms with Gasteiger partial charge in [-0.25, -0.2) is 0 Å². The van der Waals surface area contributed by atoms with Crippen LogP contribution in [0.1, 0.15) is 10.4 Å². The molecule has 0 amide bonds. The number of hydrogen-bond acceptors (Lipinski definition) is 2. The van der Waals surface area contributed by atoms with E-state index in [9.17, 15) is 4.79 Å². The fraction of sp³-hybridized carbons (Fsp3) is 0. The van der Waals surface area contributed by atoms with Crippen LogP contribution in [0.5, 0.6) is 0 Å². The minimum absolute atomic E-state index is 0.428. The van der Waals surface area contributed by atoms with Gasteiger partial charge in [0.1, 0.15) is 12.5 Å². The number of halogens is 2. The molecule has 2 nitrogen and oxygen atoms in total. The molecule has 0 radical (unpaired) electrons. The maximum Gasteiger partial charge on any atom is 0.256 e. The Morgan fingerprint density at radius 1 is 1.67 bits per heavy atom. The van der Waals surface area contributed by atoms with Crippen molar-refractivity contribution in [1.29, 1.82) is 0 Å². The van der Waals surface area contributed by atoms with Crippen LogP contribution < -0.4 is 0 Å². The van der Waals surface area contributed by atoms with Gasteiger partial charge in [-0.05, 0) is 34.2 Å². The first-order valence-electron chi connectivity index (χ1n) is 2.13. The number of carbonyl (C=O) groups is 1. The van der Waals surface area contributed by atoms with E-state index in [1.165, 1.54) is 12.5 Å². The Labute approximate surface area is 70.3 Å². The third-order valence-electron chi connectivity index (χ3n) is 0.826. The molecule has 48 valence electrons. The molecule has 0 fully saturated rings. The van der Waals surface area contributed by atoms with Crippen LogP contribution in [0.3, 0.4) is 0 Å². The van der Waals surface area contributed by atoms with Crippen LogP contribution in [0, 0.1) is 3.57 Å². The normalized spacial score (nSPS) is 9.56. The fourth-order valence-electron chi connectivity index (χ4n) is 0.422. The van der Waals surface area contributed by atoms with Crippen molar-refractivity contribution >= 4 is 39.4 Å². The average molecular weight is 256 g/mol. The van der Waals surface area contributed by atoms with E-state index in [0.717, 1.165) is 3.57 Å². The summed E-state index contributed by atoms with van der Waals surface area (Å²) >= 11 is 7.12. The van der Waals surface area contributed by atoms with Gasteiger partial charge in [-0.3, -0.25) is 4.79 Å². The maximum absolute atomic E-state index is 10.4. The van der Waals surface area contributed by atoms with E-state index < -0.39 is 5.24 Å². The van der Waals surface area contributed by atoms with Crippen molar-refractivity contribution in [3.05, 3.63) is 21.7 Å². The van der Waals surface area contributed by atoms with Gasteiger partial charge in [-0.1, -0.05) is 0 Å². The molecule has 1 rings (SSSR count). The quantitative estimate of drug-likeness (QED) is 0.570. The highest BCUT2D eigenvalue weighted by Gasteiger charge is 2.07.